The lowest BCUT2D eigenvalue weighted by Gasteiger charge is -2.55. The summed E-state index contributed by atoms with van der Waals surface area (Å²) in [6, 6.07) is 25.7. The highest BCUT2D eigenvalue weighted by Crippen LogP contribution is 2.34. The molecule has 1 N–H and O–H groups in total. The molecular weight excluding hydrogens is 754 g/mol. The van der Waals surface area contributed by atoms with Gasteiger partial charge in [-0.1, -0.05) is 78.3 Å². The molecule has 0 unspecified atom stereocenters. The predicted molar refractivity (Wildman–Crippen MR) is 211 cm³/mol. The maximum Gasteiger partial charge on any atom is 0.268 e. The summed E-state index contributed by atoms with van der Waals surface area (Å²) in [5, 5.41) is 13.9. The molecule has 7 rings (SSSR count). The van der Waals surface area contributed by atoms with Gasteiger partial charge in [-0.25, -0.2) is 22.4 Å². The van der Waals surface area contributed by atoms with Gasteiger partial charge < -0.3 is 14.9 Å². The van der Waals surface area contributed by atoms with Crippen molar-refractivity contribution < 1.29 is 32.7 Å². The molecule has 0 spiro atoms. The number of hydrazine groups is 1. The second kappa shape index (κ2) is 15.8. The molecule has 0 saturated carbocycles. The Morgan fingerprint density at radius 3 is 2.32 bits per heavy atom. The topological polar surface area (TPSA) is 141 Å². The molecule has 0 radical (unpaired) electrons. The van der Waals surface area contributed by atoms with Crippen LogP contribution in [0.25, 0.3) is 10.9 Å². The van der Waals surface area contributed by atoms with Crippen LogP contribution in [0.3, 0.4) is 0 Å². The SMILES string of the molecule is C=CCN1CC(=O)N2[C@@H](Cc3ccc(O)cc3)C(=O)N(Cc3cccc4c(C(C)=O)cn(S(=O)(=O)c5ccc(Cl)cc5)c34)C[C@@H]2N1C(=O)CCc1ccccc1. The van der Waals surface area contributed by atoms with Crippen molar-refractivity contribution in [3.63, 3.8) is 0 Å². The second-order valence-electron chi connectivity index (χ2n) is 13.9. The van der Waals surface area contributed by atoms with E-state index in [1.54, 1.807) is 51.3 Å². The highest BCUT2D eigenvalue weighted by Gasteiger charge is 2.51. The van der Waals surface area contributed by atoms with Gasteiger partial charge in [0.05, 0.1) is 23.5 Å². The number of fused-ring (bicyclic) bond motifs is 2. The number of amides is 3. The summed E-state index contributed by atoms with van der Waals surface area (Å²) >= 11 is 6.07. The van der Waals surface area contributed by atoms with Gasteiger partial charge in [-0.05, 0) is 66.4 Å². The average molecular weight is 794 g/mol. The largest absolute Gasteiger partial charge is 0.508 e. The number of aryl methyl sites for hydroxylation is 1. The molecule has 1 aromatic heterocycles. The maximum absolute atomic E-state index is 14.7. The Kier molecular flexibility index (Phi) is 10.8. The fraction of sp³-hybridized carbons (Fsp3) is 0.238. The summed E-state index contributed by atoms with van der Waals surface area (Å²) in [6.45, 7) is 5.08. The van der Waals surface area contributed by atoms with Crippen LogP contribution in [0.4, 0.5) is 0 Å². The zero-order valence-electron chi connectivity index (χ0n) is 30.6. The number of rotatable bonds is 12. The number of hydrogen-bond acceptors (Lipinski definition) is 8. The summed E-state index contributed by atoms with van der Waals surface area (Å²) in [5.74, 6) is -1.28. The molecule has 0 aliphatic carbocycles. The highest BCUT2D eigenvalue weighted by atomic mass is 35.5. The van der Waals surface area contributed by atoms with Crippen LogP contribution < -0.4 is 0 Å². The van der Waals surface area contributed by atoms with E-state index in [4.69, 9.17) is 11.6 Å². The molecule has 14 heteroatoms. The number of carbonyl (C=O) groups excluding carboxylic acids is 4. The number of Topliss-reactive ketones (excluding diaryl/α,β-unsaturated/α-hetero) is 1. The van der Waals surface area contributed by atoms with E-state index in [0.29, 0.717) is 28.0 Å². The third-order valence-corrected chi connectivity index (χ3v) is 12.2. The zero-order chi connectivity index (χ0) is 39.7. The van der Waals surface area contributed by atoms with Gasteiger partial charge in [0.1, 0.15) is 18.0 Å². The highest BCUT2D eigenvalue weighted by molar-refractivity contribution is 7.90. The minimum absolute atomic E-state index is 0.0436. The van der Waals surface area contributed by atoms with Gasteiger partial charge in [0.25, 0.3) is 10.0 Å². The first-order valence-corrected chi connectivity index (χ1v) is 19.9. The zero-order valence-corrected chi connectivity index (χ0v) is 32.2. The van der Waals surface area contributed by atoms with Crippen molar-refractivity contribution in [1.29, 1.82) is 0 Å². The van der Waals surface area contributed by atoms with Crippen molar-refractivity contribution in [2.24, 2.45) is 0 Å². The molecule has 5 aromatic rings. The number of hydrogen-bond donors (Lipinski definition) is 1. The van der Waals surface area contributed by atoms with E-state index in [1.165, 1.54) is 54.4 Å². The number of phenolic OH excluding ortho intramolecular Hbond substituents is 1. The van der Waals surface area contributed by atoms with Crippen LogP contribution in [0.15, 0.2) is 121 Å². The summed E-state index contributed by atoms with van der Waals surface area (Å²) < 4.78 is 29.5. The van der Waals surface area contributed by atoms with E-state index in [-0.39, 0.29) is 78.3 Å². The van der Waals surface area contributed by atoms with Gasteiger partial charge in [-0.2, -0.15) is 0 Å². The van der Waals surface area contributed by atoms with Gasteiger partial charge in [0.15, 0.2) is 5.78 Å². The first kappa shape index (κ1) is 38.5. The minimum atomic E-state index is -4.26. The van der Waals surface area contributed by atoms with E-state index in [2.05, 4.69) is 6.58 Å². The van der Waals surface area contributed by atoms with Gasteiger partial charge in [0.2, 0.25) is 17.7 Å². The number of benzene rings is 4. The van der Waals surface area contributed by atoms with Crippen molar-refractivity contribution in [2.75, 3.05) is 19.6 Å². The fourth-order valence-electron chi connectivity index (χ4n) is 7.61. The average Bonchev–Trinajstić information content (AvgIpc) is 3.59. The second-order valence-corrected chi connectivity index (χ2v) is 16.2. The molecule has 3 heterocycles. The fourth-order valence-corrected chi connectivity index (χ4v) is 9.15. The van der Waals surface area contributed by atoms with Crippen molar-refractivity contribution in [1.82, 2.24) is 23.8 Å². The maximum atomic E-state index is 14.7. The summed E-state index contributed by atoms with van der Waals surface area (Å²) in [4.78, 5) is 59.0. The Hall–Kier alpha value is -5.76. The Labute approximate surface area is 329 Å². The smallest absolute Gasteiger partial charge is 0.268 e. The number of piperazine rings is 1. The lowest BCUT2D eigenvalue weighted by Crippen LogP contribution is -2.75. The molecule has 56 heavy (non-hydrogen) atoms. The van der Waals surface area contributed by atoms with Crippen LogP contribution in [0, 0.1) is 0 Å². The van der Waals surface area contributed by atoms with Crippen LogP contribution in [0.1, 0.15) is 40.4 Å². The standard InChI is InChI=1S/C42H40ClN5O7S/c1-3-22-45-27-40(52)47-37(23-30-12-17-33(50)18-13-30)42(53)44(26-38(47)48(45)39(51)21-14-29-8-5-4-6-9-29)24-31-10-7-11-35-36(28(2)49)25-46(41(31)35)56(54,55)34-19-15-32(43)16-20-34/h3-13,15-20,25,37-38,50H,1,14,21-24,26-27H2,2H3/t37-,38-/m0/s1. The van der Waals surface area contributed by atoms with Crippen LogP contribution in [0.2, 0.25) is 5.02 Å². The molecule has 2 fully saturated rings. The van der Waals surface area contributed by atoms with Crippen LogP contribution in [-0.2, 0) is 43.8 Å². The Morgan fingerprint density at radius 2 is 1.64 bits per heavy atom. The van der Waals surface area contributed by atoms with Crippen LogP contribution in [0.5, 0.6) is 5.75 Å². The van der Waals surface area contributed by atoms with Crippen LogP contribution >= 0.6 is 11.6 Å². The molecular formula is C42H40ClN5O7S. The quantitative estimate of drug-likeness (QED) is 0.130. The summed E-state index contributed by atoms with van der Waals surface area (Å²) in [5.41, 5.74) is 2.50. The van der Waals surface area contributed by atoms with Crippen LogP contribution in [-0.4, -0.2) is 92.7 Å². The van der Waals surface area contributed by atoms with Crippen molar-refractivity contribution >= 4 is 56.0 Å². The van der Waals surface area contributed by atoms with Gasteiger partial charge in [-0.3, -0.25) is 19.2 Å². The van der Waals surface area contributed by atoms with Gasteiger partial charge in [-0.15, -0.1) is 6.58 Å². The molecule has 2 saturated heterocycles. The van der Waals surface area contributed by atoms with Crippen molar-refractivity contribution in [3.8, 4) is 5.75 Å². The summed E-state index contributed by atoms with van der Waals surface area (Å²) in [7, 11) is -4.26. The predicted octanol–water partition coefficient (Wildman–Crippen LogP) is 5.43. The number of aromatic nitrogens is 1. The number of para-hydroxylation sites is 1. The number of halogens is 1. The number of carbonyl (C=O) groups is 4. The first-order valence-electron chi connectivity index (χ1n) is 18.1. The van der Waals surface area contributed by atoms with E-state index in [0.717, 1.165) is 9.54 Å². The van der Waals surface area contributed by atoms with Crippen molar-refractivity contribution in [3.05, 3.63) is 143 Å². The third-order valence-electron chi connectivity index (χ3n) is 10.2. The molecule has 3 amide bonds. The van der Waals surface area contributed by atoms with Gasteiger partial charge >= 0.3 is 0 Å². The number of phenols is 1. The molecule has 2 atom stereocenters. The number of aromatic hydroxyl groups is 1. The van der Waals surface area contributed by atoms with E-state index in [1.807, 2.05) is 30.3 Å². The van der Waals surface area contributed by atoms with E-state index in [9.17, 15) is 32.7 Å². The number of ketones is 1. The third kappa shape index (κ3) is 7.45. The Morgan fingerprint density at radius 1 is 0.929 bits per heavy atom. The van der Waals surface area contributed by atoms with E-state index < -0.39 is 28.1 Å². The Bertz CT molecular complexity index is 2440. The lowest BCUT2D eigenvalue weighted by molar-refractivity contribution is -0.205. The molecule has 4 aromatic carbocycles. The molecule has 288 valence electrons. The van der Waals surface area contributed by atoms with Gasteiger partial charge in [0, 0.05) is 48.1 Å². The monoisotopic (exact) mass is 793 g/mol. The first-order chi connectivity index (χ1) is 26.9. The Balaban J connectivity index is 1.32. The molecule has 2 aliphatic rings. The number of nitrogens with zero attached hydrogens (tertiary/aromatic N) is 5. The van der Waals surface area contributed by atoms with Crippen molar-refractivity contribution in [2.45, 2.75) is 49.8 Å². The summed E-state index contributed by atoms with van der Waals surface area (Å²) in [6.07, 6.45) is 2.69. The molecule has 12 nitrogen and oxygen atoms in total. The minimum Gasteiger partial charge on any atom is -0.508 e. The van der Waals surface area contributed by atoms with E-state index >= 15 is 0 Å². The lowest BCUT2D eigenvalue weighted by atomic mass is 9.97. The normalized spacial score (nSPS) is 17.6. The molecule has 2 aliphatic heterocycles. The molecule has 0 bridgehead atoms.